The fraction of sp³-hybridized carbons (Fsp3) is 0.579. The van der Waals surface area contributed by atoms with Crippen molar-refractivity contribution in [2.45, 2.75) is 63.1 Å². The van der Waals surface area contributed by atoms with Crippen LogP contribution in [0.3, 0.4) is 0 Å². The van der Waals surface area contributed by atoms with Gasteiger partial charge in [0.2, 0.25) is 0 Å². The number of hydrogen-bond donors (Lipinski definition) is 5. The van der Waals surface area contributed by atoms with Crippen LogP contribution >= 0.6 is 0 Å². The maximum absolute atomic E-state index is 12.4. The zero-order valence-electron chi connectivity index (χ0n) is 20.0. The summed E-state index contributed by atoms with van der Waals surface area (Å²) in [7, 11) is -4.24. The molecule has 2 aliphatic heterocycles. The van der Waals surface area contributed by atoms with Gasteiger partial charge in [-0.1, -0.05) is 0 Å². The van der Waals surface area contributed by atoms with Crippen LogP contribution in [0, 0.1) is 0 Å². The van der Waals surface area contributed by atoms with Gasteiger partial charge in [0.15, 0.2) is 29.0 Å². The first-order chi connectivity index (χ1) is 17.7. The van der Waals surface area contributed by atoms with Crippen LogP contribution in [-0.2, 0) is 38.3 Å². The summed E-state index contributed by atoms with van der Waals surface area (Å²) in [6.07, 6.45) is -1.56. The summed E-state index contributed by atoms with van der Waals surface area (Å²) in [4.78, 5) is 46.9. The van der Waals surface area contributed by atoms with Gasteiger partial charge in [0.05, 0.1) is 12.9 Å². The third-order valence-corrected chi connectivity index (χ3v) is 6.10. The van der Waals surface area contributed by atoms with Crippen molar-refractivity contribution in [3.05, 3.63) is 12.7 Å². The number of nitrogens with zero attached hydrogens (tertiary/aromatic N) is 4. The van der Waals surface area contributed by atoms with Gasteiger partial charge in [0.25, 0.3) is 0 Å². The molecule has 2 amide bonds. The molecule has 19 heteroatoms. The molecule has 5 atom stereocenters. The number of imidazole rings is 1. The monoisotopic (exact) mass is 559 g/mol. The summed E-state index contributed by atoms with van der Waals surface area (Å²) in [5, 5.41) is 27.5. The number of urea groups is 1. The average molecular weight is 560 g/mol. The third-order valence-electron chi connectivity index (χ3n) is 5.64. The number of rotatable bonds is 10. The van der Waals surface area contributed by atoms with Gasteiger partial charge in [-0.05, 0) is 20.3 Å². The fourth-order valence-electron chi connectivity index (χ4n) is 4.14. The smallest absolute Gasteiger partial charge is 0.333 e. The maximum Gasteiger partial charge on any atom is 0.333 e. The Balaban J connectivity index is 1.55. The summed E-state index contributed by atoms with van der Waals surface area (Å²) < 4.78 is 46.6. The molecule has 6 N–H and O–H groups in total. The maximum atomic E-state index is 12.4. The van der Waals surface area contributed by atoms with E-state index in [1.165, 1.54) is 10.9 Å². The van der Waals surface area contributed by atoms with Crippen molar-refractivity contribution in [3.63, 3.8) is 0 Å². The molecular formula is C19H25N7O11S. The molecule has 0 aliphatic carbocycles. The van der Waals surface area contributed by atoms with E-state index in [4.69, 9.17) is 28.6 Å². The summed E-state index contributed by atoms with van der Waals surface area (Å²) in [5.74, 6) is -3.71. The van der Waals surface area contributed by atoms with E-state index in [1.807, 2.05) is 0 Å². The average Bonchev–Trinajstić information content (AvgIpc) is 3.45. The first kappa shape index (κ1) is 27.5. The van der Waals surface area contributed by atoms with Gasteiger partial charge in [-0.15, -0.1) is 0 Å². The molecule has 2 fully saturated rings. The molecule has 38 heavy (non-hydrogen) atoms. The second-order valence-electron chi connectivity index (χ2n) is 8.88. The summed E-state index contributed by atoms with van der Waals surface area (Å²) in [6, 6.07) is -2.41. The summed E-state index contributed by atoms with van der Waals surface area (Å²) >= 11 is 0. The first-order valence-electron chi connectivity index (χ1n) is 11.1. The highest BCUT2D eigenvalue weighted by molar-refractivity contribution is 7.84. The highest BCUT2D eigenvalue weighted by atomic mass is 32.2. The van der Waals surface area contributed by atoms with Crippen LogP contribution < -0.4 is 15.8 Å². The van der Waals surface area contributed by atoms with Crippen molar-refractivity contribution < 1.29 is 51.4 Å². The molecule has 1 unspecified atom stereocenters. The van der Waals surface area contributed by atoms with Crippen LogP contribution in [0.2, 0.25) is 0 Å². The van der Waals surface area contributed by atoms with Crippen LogP contribution in [0.1, 0.15) is 32.9 Å². The van der Waals surface area contributed by atoms with E-state index >= 15 is 0 Å². The van der Waals surface area contributed by atoms with Crippen LogP contribution in [0.25, 0.3) is 11.2 Å². The van der Waals surface area contributed by atoms with Crippen molar-refractivity contribution >= 4 is 45.3 Å². The Labute approximate surface area is 214 Å². The number of ether oxygens (including phenoxy) is 3. The van der Waals surface area contributed by atoms with E-state index in [-0.39, 0.29) is 23.4 Å². The molecule has 2 aromatic rings. The topological polar surface area (TPSA) is 256 Å². The van der Waals surface area contributed by atoms with E-state index in [0.29, 0.717) is 0 Å². The molecule has 4 rings (SSSR count). The zero-order valence-corrected chi connectivity index (χ0v) is 20.8. The number of carbonyl (C=O) groups is 3. The highest BCUT2D eigenvalue weighted by Crippen LogP contribution is 2.44. The van der Waals surface area contributed by atoms with Crippen molar-refractivity contribution in [2.24, 2.45) is 5.14 Å². The van der Waals surface area contributed by atoms with Gasteiger partial charge in [-0.25, -0.2) is 29.7 Å². The minimum absolute atomic E-state index is 0.0683. The highest BCUT2D eigenvalue weighted by Gasteiger charge is 2.56. The number of hydrogen-bond acceptors (Lipinski definition) is 12. The van der Waals surface area contributed by atoms with E-state index in [2.05, 4.69) is 25.6 Å². The number of aliphatic carboxylic acids is 2. The molecule has 18 nitrogen and oxygen atoms in total. The third kappa shape index (κ3) is 6.14. The Morgan fingerprint density at radius 3 is 2.58 bits per heavy atom. The number of aromatic nitrogens is 4. The van der Waals surface area contributed by atoms with Crippen LogP contribution in [0.5, 0.6) is 0 Å². The molecule has 2 aliphatic rings. The summed E-state index contributed by atoms with van der Waals surface area (Å²) in [5.41, 5.74) is 0.309. The standard InChI is InChI=1S/C19H25N7O11S/c1-19(2)36-12-9(5-34-38(20,32)33)35-16(13(12)37-19)26-7-23-11-14(21-6-22-15(11)26)25-18(31)24-8(17(29)30)3-4-10(27)28/h6-9,12-13,16H,3-5H2,1-2H3,(H,27,28)(H,29,30)(H2,20,32,33)(H2,21,22,24,25,31)/t8?,9-,12-,13-,16-/m1/s1. The van der Waals surface area contributed by atoms with Gasteiger partial charge >= 0.3 is 28.3 Å². The molecule has 0 bridgehead atoms. The van der Waals surface area contributed by atoms with Crippen LogP contribution in [-0.4, -0.2) is 92.9 Å². The van der Waals surface area contributed by atoms with E-state index in [0.717, 1.165) is 6.33 Å². The fourth-order valence-corrected chi connectivity index (χ4v) is 4.46. The predicted octanol–water partition coefficient (Wildman–Crippen LogP) is -1.10. The molecule has 2 saturated heterocycles. The largest absolute Gasteiger partial charge is 0.481 e. The first-order valence-corrected chi connectivity index (χ1v) is 12.6. The lowest BCUT2D eigenvalue weighted by Gasteiger charge is -2.24. The lowest BCUT2D eigenvalue weighted by atomic mass is 10.1. The molecule has 208 valence electrons. The van der Waals surface area contributed by atoms with Crippen molar-refractivity contribution in [2.75, 3.05) is 11.9 Å². The Bertz CT molecular complexity index is 1350. The van der Waals surface area contributed by atoms with Crippen LogP contribution in [0.4, 0.5) is 10.6 Å². The van der Waals surface area contributed by atoms with Gasteiger partial charge in [0, 0.05) is 6.42 Å². The molecule has 2 aromatic heterocycles. The Kier molecular flexibility index (Phi) is 7.50. The Morgan fingerprint density at radius 2 is 1.92 bits per heavy atom. The summed E-state index contributed by atoms with van der Waals surface area (Å²) in [6.45, 7) is 2.92. The number of nitrogens with one attached hydrogen (secondary N) is 2. The van der Waals surface area contributed by atoms with Crippen molar-refractivity contribution in [1.29, 1.82) is 0 Å². The molecule has 0 aromatic carbocycles. The SMILES string of the molecule is CC1(C)O[C@@H]2[C@H](O1)[C@@H](COS(N)(=O)=O)O[C@H]2n1cnc2c(NC(=O)NC(CCC(=O)O)C(=O)O)ncnc21. The predicted molar refractivity (Wildman–Crippen MR) is 123 cm³/mol. The second kappa shape index (κ2) is 10.3. The van der Waals surface area contributed by atoms with Gasteiger partial charge in [0.1, 0.15) is 30.7 Å². The molecule has 0 spiro atoms. The molecule has 4 heterocycles. The molecule has 0 saturated carbocycles. The second-order valence-corrected chi connectivity index (χ2v) is 10.1. The normalized spacial score (nSPS) is 25.1. The van der Waals surface area contributed by atoms with Crippen LogP contribution in [0.15, 0.2) is 12.7 Å². The number of nitrogens with two attached hydrogens (primary N) is 1. The molecular weight excluding hydrogens is 534 g/mol. The number of carboxylic acids is 2. The Morgan fingerprint density at radius 1 is 1.21 bits per heavy atom. The Hall–Kier alpha value is -3.49. The van der Waals surface area contributed by atoms with Crippen molar-refractivity contribution in [1.82, 2.24) is 24.8 Å². The number of carbonyl (C=O) groups excluding carboxylic acids is 1. The minimum Gasteiger partial charge on any atom is -0.481 e. The number of fused-ring (bicyclic) bond motifs is 2. The van der Waals surface area contributed by atoms with Gasteiger partial charge in [-0.2, -0.15) is 8.42 Å². The number of anilines is 1. The van der Waals surface area contributed by atoms with Gasteiger partial charge < -0.3 is 29.7 Å². The lowest BCUT2D eigenvalue weighted by molar-refractivity contribution is -0.198. The lowest BCUT2D eigenvalue weighted by Crippen LogP contribution is -2.43. The number of amides is 2. The number of carboxylic acid groups (broad SMARTS) is 2. The molecule has 0 radical (unpaired) electrons. The van der Waals surface area contributed by atoms with Crippen molar-refractivity contribution in [3.8, 4) is 0 Å². The minimum atomic E-state index is -4.24. The van der Waals surface area contributed by atoms with E-state index in [1.54, 1.807) is 13.8 Å². The van der Waals surface area contributed by atoms with E-state index in [9.17, 15) is 27.9 Å². The quantitative estimate of drug-likeness (QED) is 0.232. The van der Waals surface area contributed by atoms with E-state index < -0.39 is 77.7 Å². The van der Waals surface area contributed by atoms with Gasteiger partial charge in [-0.3, -0.25) is 18.9 Å². The zero-order chi connectivity index (χ0) is 27.8.